The lowest BCUT2D eigenvalue weighted by atomic mass is 10.1. The van der Waals surface area contributed by atoms with Crippen molar-refractivity contribution in [2.45, 2.75) is 0 Å². The Bertz CT molecular complexity index is 1030. The van der Waals surface area contributed by atoms with Gasteiger partial charge in [-0.3, -0.25) is 9.59 Å². The molecular formula is C23H18FNO4. The van der Waals surface area contributed by atoms with Gasteiger partial charge in [-0.1, -0.05) is 30.3 Å². The van der Waals surface area contributed by atoms with Crippen LogP contribution in [0.15, 0.2) is 78.9 Å². The standard InChI is InChI=1S/C23H18FNO4/c1-25(18-7-3-2-4-8-18)22(27)19-9-5-6-10-20(19)23(28)29-15-21(26)16-11-13-17(24)14-12-16/h2-14H,15H2,1H3. The molecule has 0 heterocycles. The summed E-state index contributed by atoms with van der Waals surface area (Å²) in [6, 6.07) is 20.2. The summed E-state index contributed by atoms with van der Waals surface area (Å²) in [5.74, 6) is -2.10. The summed E-state index contributed by atoms with van der Waals surface area (Å²) in [6.07, 6.45) is 0. The molecule has 146 valence electrons. The van der Waals surface area contributed by atoms with Gasteiger partial charge in [0.05, 0.1) is 11.1 Å². The Balaban J connectivity index is 1.74. The van der Waals surface area contributed by atoms with Crippen LogP contribution in [0.25, 0.3) is 0 Å². The van der Waals surface area contributed by atoms with Gasteiger partial charge in [-0.15, -0.1) is 0 Å². The lowest BCUT2D eigenvalue weighted by Crippen LogP contribution is -2.28. The SMILES string of the molecule is CN(C(=O)c1ccccc1C(=O)OCC(=O)c1ccc(F)cc1)c1ccccc1. The van der Waals surface area contributed by atoms with Gasteiger partial charge in [-0.2, -0.15) is 0 Å². The van der Waals surface area contributed by atoms with Crippen LogP contribution in [-0.4, -0.2) is 31.3 Å². The molecule has 0 spiro atoms. The van der Waals surface area contributed by atoms with Crippen LogP contribution in [0.2, 0.25) is 0 Å². The molecule has 0 aliphatic rings. The molecule has 3 aromatic rings. The smallest absolute Gasteiger partial charge is 0.339 e. The number of halogens is 1. The van der Waals surface area contributed by atoms with Crippen molar-refractivity contribution in [3.63, 3.8) is 0 Å². The normalized spacial score (nSPS) is 10.3. The quantitative estimate of drug-likeness (QED) is 0.468. The lowest BCUT2D eigenvalue weighted by Gasteiger charge is -2.18. The van der Waals surface area contributed by atoms with Crippen LogP contribution in [-0.2, 0) is 4.74 Å². The number of carbonyl (C=O) groups excluding carboxylic acids is 3. The molecule has 0 saturated carbocycles. The minimum Gasteiger partial charge on any atom is -0.454 e. The van der Waals surface area contributed by atoms with Crippen LogP contribution >= 0.6 is 0 Å². The Morgan fingerprint density at radius 1 is 0.828 bits per heavy atom. The molecule has 1 amide bonds. The maximum absolute atomic E-state index is 13.0. The van der Waals surface area contributed by atoms with Crippen molar-refractivity contribution >= 4 is 23.3 Å². The molecule has 0 saturated heterocycles. The molecule has 5 nitrogen and oxygen atoms in total. The largest absolute Gasteiger partial charge is 0.454 e. The zero-order valence-electron chi connectivity index (χ0n) is 15.7. The highest BCUT2D eigenvalue weighted by atomic mass is 19.1. The second-order valence-corrected chi connectivity index (χ2v) is 6.25. The number of carbonyl (C=O) groups is 3. The van der Waals surface area contributed by atoms with E-state index in [0.717, 1.165) is 12.1 Å². The van der Waals surface area contributed by atoms with Gasteiger partial charge in [0.1, 0.15) is 5.82 Å². The van der Waals surface area contributed by atoms with E-state index in [1.54, 1.807) is 43.4 Å². The summed E-state index contributed by atoms with van der Waals surface area (Å²) in [5, 5.41) is 0. The van der Waals surface area contributed by atoms with Gasteiger partial charge < -0.3 is 9.64 Å². The van der Waals surface area contributed by atoms with Crippen LogP contribution in [0.1, 0.15) is 31.1 Å². The zero-order chi connectivity index (χ0) is 20.8. The first-order chi connectivity index (χ1) is 14.0. The second kappa shape index (κ2) is 8.93. The molecule has 3 aromatic carbocycles. The first kappa shape index (κ1) is 19.9. The van der Waals surface area contributed by atoms with E-state index in [9.17, 15) is 18.8 Å². The minimum atomic E-state index is -0.786. The number of Topliss-reactive ketones (excluding diaryl/α,β-unsaturated/α-hetero) is 1. The monoisotopic (exact) mass is 391 g/mol. The van der Waals surface area contributed by atoms with E-state index < -0.39 is 24.2 Å². The number of hydrogen-bond donors (Lipinski definition) is 0. The molecule has 0 unspecified atom stereocenters. The fourth-order valence-corrected chi connectivity index (χ4v) is 2.73. The van der Waals surface area contributed by atoms with E-state index in [1.165, 1.54) is 29.2 Å². The Hall–Kier alpha value is -3.80. The third kappa shape index (κ3) is 4.73. The molecule has 6 heteroatoms. The highest BCUT2D eigenvalue weighted by molar-refractivity contribution is 6.12. The number of esters is 1. The van der Waals surface area contributed by atoms with E-state index in [2.05, 4.69) is 0 Å². The highest BCUT2D eigenvalue weighted by Gasteiger charge is 2.22. The molecule has 0 radical (unpaired) electrons. The topological polar surface area (TPSA) is 63.7 Å². The molecule has 0 aliphatic heterocycles. The number of amides is 1. The van der Waals surface area contributed by atoms with Crippen molar-refractivity contribution in [1.82, 2.24) is 0 Å². The van der Waals surface area contributed by atoms with Crippen molar-refractivity contribution in [3.8, 4) is 0 Å². The van der Waals surface area contributed by atoms with E-state index in [0.29, 0.717) is 5.69 Å². The molecular weight excluding hydrogens is 373 g/mol. The predicted octanol–water partition coefficient (Wildman–Crippen LogP) is 4.14. The average molecular weight is 391 g/mol. The van der Waals surface area contributed by atoms with Crippen molar-refractivity contribution in [2.75, 3.05) is 18.6 Å². The Labute approximate surface area is 167 Å². The highest BCUT2D eigenvalue weighted by Crippen LogP contribution is 2.18. The maximum atomic E-state index is 13.0. The van der Waals surface area contributed by atoms with Crippen LogP contribution < -0.4 is 4.90 Å². The number of ketones is 1. The van der Waals surface area contributed by atoms with Crippen molar-refractivity contribution in [1.29, 1.82) is 0 Å². The van der Waals surface area contributed by atoms with Crippen LogP contribution in [0.5, 0.6) is 0 Å². The van der Waals surface area contributed by atoms with Crippen LogP contribution in [0.4, 0.5) is 10.1 Å². The lowest BCUT2D eigenvalue weighted by molar-refractivity contribution is 0.0472. The number of hydrogen-bond acceptors (Lipinski definition) is 4. The van der Waals surface area contributed by atoms with Crippen molar-refractivity contribution in [2.24, 2.45) is 0 Å². The van der Waals surface area contributed by atoms with Crippen LogP contribution in [0, 0.1) is 5.82 Å². The number of ether oxygens (including phenoxy) is 1. The van der Waals surface area contributed by atoms with Gasteiger partial charge in [0.25, 0.3) is 5.91 Å². The predicted molar refractivity (Wildman–Crippen MR) is 107 cm³/mol. The number of nitrogens with zero attached hydrogens (tertiary/aromatic N) is 1. The van der Waals surface area contributed by atoms with Crippen molar-refractivity contribution in [3.05, 3.63) is 101 Å². The molecule has 0 atom stereocenters. The fraction of sp³-hybridized carbons (Fsp3) is 0.0870. The first-order valence-electron chi connectivity index (χ1n) is 8.85. The third-order valence-corrected chi connectivity index (χ3v) is 4.33. The molecule has 0 aromatic heterocycles. The first-order valence-corrected chi connectivity index (χ1v) is 8.85. The van der Waals surface area contributed by atoms with Gasteiger partial charge >= 0.3 is 5.97 Å². The van der Waals surface area contributed by atoms with Gasteiger partial charge in [-0.25, -0.2) is 9.18 Å². The van der Waals surface area contributed by atoms with Gasteiger partial charge in [0.2, 0.25) is 0 Å². The number of para-hydroxylation sites is 1. The summed E-state index contributed by atoms with van der Waals surface area (Å²) in [5.41, 5.74) is 1.13. The van der Waals surface area contributed by atoms with E-state index in [-0.39, 0.29) is 22.6 Å². The minimum absolute atomic E-state index is 0.0622. The molecule has 0 bridgehead atoms. The molecule has 0 fully saturated rings. The van der Waals surface area contributed by atoms with Gasteiger partial charge in [0, 0.05) is 18.3 Å². The third-order valence-electron chi connectivity index (χ3n) is 4.33. The van der Waals surface area contributed by atoms with Crippen molar-refractivity contribution < 1.29 is 23.5 Å². The van der Waals surface area contributed by atoms with E-state index in [1.807, 2.05) is 6.07 Å². The number of rotatable bonds is 6. The number of anilines is 1. The fourth-order valence-electron chi connectivity index (χ4n) is 2.73. The molecule has 0 N–H and O–H groups in total. The molecule has 3 rings (SSSR count). The summed E-state index contributed by atoms with van der Waals surface area (Å²) >= 11 is 0. The molecule has 29 heavy (non-hydrogen) atoms. The second-order valence-electron chi connectivity index (χ2n) is 6.25. The van der Waals surface area contributed by atoms with Gasteiger partial charge in [-0.05, 0) is 48.5 Å². The summed E-state index contributed by atoms with van der Waals surface area (Å²) in [4.78, 5) is 38.9. The summed E-state index contributed by atoms with van der Waals surface area (Å²) in [7, 11) is 1.61. The van der Waals surface area contributed by atoms with E-state index in [4.69, 9.17) is 4.74 Å². The number of benzene rings is 3. The van der Waals surface area contributed by atoms with E-state index >= 15 is 0 Å². The van der Waals surface area contributed by atoms with Gasteiger partial charge in [0.15, 0.2) is 12.4 Å². The summed E-state index contributed by atoms with van der Waals surface area (Å²) in [6.45, 7) is -0.512. The average Bonchev–Trinajstić information content (AvgIpc) is 2.77. The Kier molecular flexibility index (Phi) is 6.14. The summed E-state index contributed by atoms with van der Waals surface area (Å²) < 4.78 is 18.1. The van der Waals surface area contributed by atoms with Crippen LogP contribution in [0.3, 0.4) is 0 Å². The molecule has 0 aliphatic carbocycles. The Morgan fingerprint density at radius 2 is 1.41 bits per heavy atom. The zero-order valence-corrected chi connectivity index (χ0v) is 15.7. The Morgan fingerprint density at radius 3 is 2.07 bits per heavy atom. The maximum Gasteiger partial charge on any atom is 0.339 e.